The van der Waals surface area contributed by atoms with Crippen LogP contribution >= 0.6 is 15.9 Å². The number of nitrogens with two attached hydrogens (primary N) is 1. The molecule has 0 aromatic heterocycles. The Kier molecular flexibility index (Phi) is 3.61. The van der Waals surface area contributed by atoms with Crippen molar-refractivity contribution in [2.75, 3.05) is 6.61 Å². The van der Waals surface area contributed by atoms with Crippen molar-refractivity contribution in [2.45, 2.75) is 51.5 Å². The molecule has 0 saturated heterocycles. The standard InChI is InChI=1S/C16H22BrNO/c1-16(6-3-2-4-7-16)15(18)13-10-12(17)9-11-5-8-19-14(11)13/h9-10,15H,2-8,18H2,1H3. The van der Waals surface area contributed by atoms with Gasteiger partial charge in [-0.2, -0.15) is 0 Å². The van der Waals surface area contributed by atoms with Crippen molar-refractivity contribution in [1.82, 2.24) is 0 Å². The number of rotatable bonds is 2. The summed E-state index contributed by atoms with van der Waals surface area (Å²) < 4.78 is 6.97. The zero-order valence-corrected chi connectivity index (χ0v) is 13.1. The molecule has 1 atom stereocenters. The third-order valence-electron chi connectivity index (χ3n) is 4.86. The minimum absolute atomic E-state index is 0.0807. The maximum atomic E-state index is 6.65. The van der Waals surface area contributed by atoms with Crippen molar-refractivity contribution in [2.24, 2.45) is 11.1 Å². The molecule has 1 aliphatic carbocycles. The van der Waals surface area contributed by atoms with Crippen molar-refractivity contribution < 1.29 is 4.74 Å². The fraction of sp³-hybridized carbons (Fsp3) is 0.625. The monoisotopic (exact) mass is 323 g/mol. The Bertz CT molecular complexity index is 480. The lowest BCUT2D eigenvalue weighted by molar-refractivity contribution is 0.167. The Hall–Kier alpha value is -0.540. The summed E-state index contributed by atoms with van der Waals surface area (Å²) in [4.78, 5) is 0. The van der Waals surface area contributed by atoms with Crippen LogP contribution in [0.15, 0.2) is 16.6 Å². The van der Waals surface area contributed by atoms with E-state index in [2.05, 4.69) is 35.0 Å². The summed E-state index contributed by atoms with van der Waals surface area (Å²) in [5.74, 6) is 1.06. The molecule has 19 heavy (non-hydrogen) atoms. The molecule has 104 valence electrons. The number of hydrogen-bond acceptors (Lipinski definition) is 2. The first-order valence-corrected chi connectivity index (χ1v) is 8.10. The van der Waals surface area contributed by atoms with Gasteiger partial charge in [0.25, 0.3) is 0 Å². The van der Waals surface area contributed by atoms with Crippen LogP contribution < -0.4 is 10.5 Å². The highest BCUT2D eigenvalue weighted by Gasteiger charge is 2.36. The van der Waals surface area contributed by atoms with E-state index in [0.717, 1.165) is 23.2 Å². The second-order valence-corrected chi connectivity index (χ2v) is 7.19. The van der Waals surface area contributed by atoms with Gasteiger partial charge in [0.2, 0.25) is 0 Å². The summed E-state index contributed by atoms with van der Waals surface area (Å²) in [5.41, 5.74) is 9.37. The van der Waals surface area contributed by atoms with E-state index in [4.69, 9.17) is 10.5 Å². The third kappa shape index (κ3) is 2.43. The molecule has 0 spiro atoms. The predicted molar refractivity (Wildman–Crippen MR) is 81.5 cm³/mol. The summed E-state index contributed by atoms with van der Waals surface area (Å²) in [7, 11) is 0. The molecule has 1 fully saturated rings. The lowest BCUT2D eigenvalue weighted by Crippen LogP contribution is -2.34. The smallest absolute Gasteiger partial charge is 0.127 e. The van der Waals surface area contributed by atoms with E-state index in [1.165, 1.54) is 43.2 Å². The van der Waals surface area contributed by atoms with Gasteiger partial charge in [0.05, 0.1) is 6.61 Å². The second kappa shape index (κ2) is 5.10. The van der Waals surface area contributed by atoms with Crippen molar-refractivity contribution in [3.05, 3.63) is 27.7 Å². The Morgan fingerprint density at radius 1 is 1.26 bits per heavy atom. The van der Waals surface area contributed by atoms with E-state index in [-0.39, 0.29) is 11.5 Å². The Balaban J connectivity index is 1.97. The van der Waals surface area contributed by atoms with E-state index in [1.807, 2.05) is 0 Å². The fourth-order valence-electron chi connectivity index (χ4n) is 3.57. The number of hydrogen-bond donors (Lipinski definition) is 1. The molecule has 1 unspecified atom stereocenters. The Labute approximate surface area is 123 Å². The fourth-order valence-corrected chi connectivity index (χ4v) is 4.10. The van der Waals surface area contributed by atoms with Gasteiger partial charge >= 0.3 is 0 Å². The van der Waals surface area contributed by atoms with Gasteiger partial charge in [0.15, 0.2) is 0 Å². The van der Waals surface area contributed by atoms with Crippen LogP contribution in [0.1, 0.15) is 56.2 Å². The molecule has 1 saturated carbocycles. The highest BCUT2D eigenvalue weighted by Crippen LogP contribution is 2.48. The van der Waals surface area contributed by atoms with Gasteiger partial charge < -0.3 is 10.5 Å². The van der Waals surface area contributed by atoms with E-state index < -0.39 is 0 Å². The van der Waals surface area contributed by atoms with Gasteiger partial charge in [0, 0.05) is 22.5 Å². The van der Waals surface area contributed by atoms with Gasteiger partial charge in [-0.15, -0.1) is 0 Å². The first kappa shape index (κ1) is 13.4. The minimum Gasteiger partial charge on any atom is -0.493 e. The van der Waals surface area contributed by atoms with Gasteiger partial charge in [0.1, 0.15) is 5.75 Å². The molecule has 0 radical (unpaired) electrons. The zero-order valence-electron chi connectivity index (χ0n) is 11.5. The Morgan fingerprint density at radius 2 is 2.00 bits per heavy atom. The van der Waals surface area contributed by atoms with Crippen LogP contribution in [0.4, 0.5) is 0 Å². The van der Waals surface area contributed by atoms with Gasteiger partial charge in [-0.3, -0.25) is 0 Å². The summed E-state index contributed by atoms with van der Waals surface area (Å²) in [6.07, 6.45) is 7.44. The zero-order chi connectivity index (χ0) is 13.5. The summed E-state index contributed by atoms with van der Waals surface area (Å²) >= 11 is 3.61. The normalized spacial score (nSPS) is 22.7. The average Bonchev–Trinajstić information content (AvgIpc) is 2.85. The SMILES string of the molecule is CC1(C(N)c2cc(Br)cc3c2OCC3)CCCCC1. The lowest BCUT2D eigenvalue weighted by atomic mass is 9.69. The number of halogens is 1. The van der Waals surface area contributed by atoms with E-state index in [1.54, 1.807) is 0 Å². The molecule has 3 heteroatoms. The summed E-state index contributed by atoms with van der Waals surface area (Å²) in [6, 6.07) is 4.41. The van der Waals surface area contributed by atoms with Gasteiger partial charge in [-0.1, -0.05) is 42.1 Å². The van der Waals surface area contributed by atoms with Crippen molar-refractivity contribution in [3.63, 3.8) is 0 Å². The van der Waals surface area contributed by atoms with E-state index >= 15 is 0 Å². The van der Waals surface area contributed by atoms with Crippen molar-refractivity contribution >= 4 is 15.9 Å². The van der Waals surface area contributed by atoms with E-state index in [0.29, 0.717) is 0 Å². The van der Waals surface area contributed by atoms with Crippen LogP contribution in [-0.4, -0.2) is 6.61 Å². The predicted octanol–water partition coefficient (Wildman–Crippen LogP) is 4.35. The Morgan fingerprint density at radius 3 is 2.74 bits per heavy atom. The molecule has 3 rings (SSSR count). The van der Waals surface area contributed by atoms with Crippen LogP contribution in [-0.2, 0) is 6.42 Å². The van der Waals surface area contributed by atoms with Crippen LogP contribution in [0, 0.1) is 5.41 Å². The molecule has 0 amide bonds. The van der Waals surface area contributed by atoms with Crippen molar-refractivity contribution in [1.29, 1.82) is 0 Å². The maximum absolute atomic E-state index is 6.65. The molecule has 2 nitrogen and oxygen atoms in total. The highest BCUT2D eigenvalue weighted by atomic mass is 79.9. The van der Waals surface area contributed by atoms with Crippen LogP contribution in [0.25, 0.3) is 0 Å². The molecule has 1 aliphatic heterocycles. The van der Waals surface area contributed by atoms with Crippen LogP contribution in [0.2, 0.25) is 0 Å². The van der Waals surface area contributed by atoms with Gasteiger partial charge in [-0.25, -0.2) is 0 Å². The molecular formula is C16H22BrNO. The number of fused-ring (bicyclic) bond motifs is 1. The van der Waals surface area contributed by atoms with Crippen LogP contribution in [0.3, 0.4) is 0 Å². The molecule has 2 N–H and O–H groups in total. The quantitative estimate of drug-likeness (QED) is 0.877. The maximum Gasteiger partial charge on any atom is 0.127 e. The molecule has 1 aromatic carbocycles. The van der Waals surface area contributed by atoms with Crippen LogP contribution in [0.5, 0.6) is 5.75 Å². The molecule has 1 aromatic rings. The number of ether oxygens (including phenoxy) is 1. The van der Waals surface area contributed by atoms with Gasteiger partial charge in [-0.05, 0) is 36.0 Å². The molecule has 1 heterocycles. The molecule has 2 aliphatic rings. The lowest BCUT2D eigenvalue weighted by Gasteiger charge is -2.39. The molecule has 0 bridgehead atoms. The minimum atomic E-state index is 0.0807. The summed E-state index contributed by atoms with van der Waals surface area (Å²) in [6.45, 7) is 3.14. The average molecular weight is 324 g/mol. The number of benzene rings is 1. The first-order valence-electron chi connectivity index (χ1n) is 7.31. The van der Waals surface area contributed by atoms with Crippen molar-refractivity contribution in [3.8, 4) is 5.75 Å². The third-order valence-corrected chi connectivity index (χ3v) is 5.32. The largest absolute Gasteiger partial charge is 0.493 e. The summed E-state index contributed by atoms with van der Waals surface area (Å²) in [5, 5.41) is 0. The first-order chi connectivity index (χ1) is 9.10. The second-order valence-electron chi connectivity index (χ2n) is 6.27. The van der Waals surface area contributed by atoms with E-state index in [9.17, 15) is 0 Å². The topological polar surface area (TPSA) is 35.2 Å². The molecular weight excluding hydrogens is 302 g/mol. The highest BCUT2D eigenvalue weighted by molar-refractivity contribution is 9.10.